The van der Waals surface area contributed by atoms with Crippen molar-refractivity contribution in [2.45, 2.75) is 47.0 Å². The quantitative estimate of drug-likeness (QED) is 0.590. The molecule has 0 saturated carbocycles. The number of amides is 1. The monoisotopic (exact) mass is 451 g/mol. The highest BCUT2D eigenvalue weighted by molar-refractivity contribution is 7.15. The lowest BCUT2D eigenvalue weighted by Crippen LogP contribution is -2.26. The van der Waals surface area contributed by atoms with Crippen molar-refractivity contribution in [1.29, 1.82) is 0 Å². The Bertz CT molecular complexity index is 1170. The number of hydrogen-bond donors (Lipinski definition) is 1. The molecule has 3 aromatic rings. The van der Waals surface area contributed by atoms with Crippen molar-refractivity contribution in [3.05, 3.63) is 51.2 Å². The summed E-state index contributed by atoms with van der Waals surface area (Å²) in [5.41, 5.74) is 4.97. The maximum absolute atomic E-state index is 12.8. The first kappa shape index (κ1) is 22.1. The standard InChI is InChI=1S/C23H29N7OS/c1-13-16(4)32-23(24-13)27-21-11-20(25-17(5)26-21)18-9-10-30(12-18)22(31)8-7-19-14(2)28-29(6)15(19)3/h7-8,11,18H,9-10,12H2,1-6H3,(H,24,25,26,27)/b8-7+/t18-/m0/s1. The van der Waals surface area contributed by atoms with Crippen molar-refractivity contribution in [1.82, 2.24) is 29.6 Å². The van der Waals surface area contributed by atoms with Crippen LogP contribution in [0.4, 0.5) is 10.9 Å². The van der Waals surface area contributed by atoms with Crippen LogP contribution in [-0.2, 0) is 11.8 Å². The molecular formula is C23H29N7OS. The molecule has 1 atom stereocenters. The number of rotatable bonds is 5. The van der Waals surface area contributed by atoms with E-state index in [2.05, 4.69) is 32.3 Å². The highest BCUT2D eigenvalue weighted by Gasteiger charge is 2.28. The lowest BCUT2D eigenvalue weighted by molar-refractivity contribution is -0.124. The Morgan fingerprint density at radius 2 is 1.94 bits per heavy atom. The molecule has 1 fully saturated rings. The number of nitrogens with zero attached hydrogens (tertiary/aromatic N) is 6. The second kappa shape index (κ2) is 8.82. The van der Waals surface area contributed by atoms with Gasteiger partial charge < -0.3 is 10.2 Å². The summed E-state index contributed by atoms with van der Waals surface area (Å²) in [6.45, 7) is 11.3. The number of anilines is 2. The molecule has 0 unspecified atom stereocenters. The van der Waals surface area contributed by atoms with E-state index in [1.165, 1.54) is 4.88 Å². The van der Waals surface area contributed by atoms with Crippen molar-refractivity contribution in [3.8, 4) is 0 Å². The minimum absolute atomic E-state index is 0.0213. The molecule has 32 heavy (non-hydrogen) atoms. The van der Waals surface area contributed by atoms with Crippen molar-refractivity contribution >= 4 is 34.3 Å². The van der Waals surface area contributed by atoms with Gasteiger partial charge in [0.2, 0.25) is 5.91 Å². The van der Waals surface area contributed by atoms with Gasteiger partial charge >= 0.3 is 0 Å². The normalized spacial score (nSPS) is 16.3. The second-order valence-corrected chi connectivity index (χ2v) is 9.53. The van der Waals surface area contributed by atoms with Crippen LogP contribution in [0.3, 0.4) is 0 Å². The Morgan fingerprint density at radius 1 is 1.16 bits per heavy atom. The van der Waals surface area contributed by atoms with Gasteiger partial charge in [-0.2, -0.15) is 5.10 Å². The number of aromatic nitrogens is 5. The van der Waals surface area contributed by atoms with E-state index in [1.54, 1.807) is 17.4 Å². The summed E-state index contributed by atoms with van der Waals surface area (Å²) in [4.78, 5) is 29.6. The first-order chi connectivity index (χ1) is 15.2. The number of nitrogens with one attached hydrogen (secondary N) is 1. The van der Waals surface area contributed by atoms with Crippen LogP contribution in [0.1, 0.15) is 51.4 Å². The van der Waals surface area contributed by atoms with E-state index in [-0.39, 0.29) is 11.8 Å². The maximum atomic E-state index is 12.8. The van der Waals surface area contributed by atoms with Crippen LogP contribution in [0.25, 0.3) is 6.08 Å². The topological polar surface area (TPSA) is 88.8 Å². The third-order valence-electron chi connectivity index (χ3n) is 6.00. The van der Waals surface area contributed by atoms with E-state index in [0.29, 0.717) is 12.4 Å². The summed E-state index contributed by atoms with van der Waals surface area (Å²) in [6.07, 6.45) is 4.42. The van der Waals surface area contributed by atoms with Crippen LogP contribution in [0.15, 0.2) is 12.1 Å². The third kappa shape index (κ3) is 4.57. The molecule has 0 aliphatic carbocycles. The van der Waals surface area contributed by atoms with Crippen molar-refractivity contribution in [3.63, 3.8) is 0 Å². The molecule has 4 heterocycles. The van der Waals surface area contributed by atoms with Gasteiger partial charge in [0.25, 0.3) is 0 Å². The molecule has 1 amide bonds. The smallest absolute Gasteiger partial charge is 0.246 e. The fourth-order valence-corrected chi connectivity index (χ4v) is 4.81. The minimum Gasteiger partial charge on any atom is -0.338 e. The van der Waals surface area contributed by atoms with Crippen molar-refractivity contribution < 1.29 is 4.79 Å². The predicted octanol–water partition coefficient (Wildman–Crippen LogP) is 3.98. The van der Waals surface area contributed by atoms with Crippen LogP contribution in [-0.4, -0.2) is 48.6 Å². The Morgan fingerprint density at radius 3 is 2.59 bits per heavy atom. The number of aryl methyl sites for hydroxylation is 5. The molecule has 9 heteroatoms. The molecule has 0 radical (unpaired) electrons. The summed E-state index contributed by atoms with van der Waals surface area (Å²) < 4.78 is 1.84. The van der Waals surface area contributed by atoms with Crippen molar-refractivity contribution in [2.24, 2.45) is 7.05 Å². The molecule has 1 aliphatic heterocycles. The molecule has 1 N–H and O–H groups in total. The molecule has 1 aliphatic rings. The zero-order chi connectivity index (χ0) is 23.0. The van der Waals surface area contributed by atoms with E-state index in [1.807, 2.05) is 56.5 Å². The minimum atomic E-state index is 0.0213. The second-order valence-electron chi connectivity index (χ2n) is 8.32. The van der Waals surface area contributed by atoms with Crippen LogP contribution in [0.2, 0.25) is 0 Å². The zero-order valence-electron chi connectivity index (χ0n) is 19.4. The van der Waals surface area contributed by atoms with Crippen LogP contribution < -0.4 is 5.32 Å². The highest BCUT2D eigenvalue weighted by Crippen LogP contribution is 2.29. The fraction of sp³-hybridized carbons (Fsp3) is 0.435. The highest BCUT2D eigenvalue weighted by atomic mass is 32.1. The Labute approximate surface area is 192 Å². The first-order valence-electron chi connectivity index (χ1n) is 10.7. The van der Waals surface area contributed by atoms with Gasteiger partial charge in [0.15, 0.2) is 5.13 Å². The number of carbonyl (C=O) groups is 1. The Kier molecular flexibility index (Phi) is 6.10. The average molecular weight is 452 g/mol. The summed E-state index contributed by atoms with van der Waals surface area (Å²) in [5, 5.41) is 8.55. The molecule has 0 spiro atoms. The maximum Gasteiger partial charge on any atom is 0.246 e. The molecular weight excluding hydrogens is 422 g/mol. The van der Waals surface area contributed by atoms with Crippen LogP contribution >= 0.6 is 11.3 Å². The molecule has 168 valence electrons. The summed E-state index contributed by atoms with van der Waals surface area (Å²) >= 11 is 1.62. The fourth-order valence-electron chi connectivity index (χ4n) is 3.99. The van der Waals surface area contributed by atoms with Crippen LogP contribution in [0, 0.1) is 34.6 Å². The largest absolute Gasteiger partial charge is 0.338 e. The summed E-state index contributed by atoms with van der Waals surface area (Å²) in [5.74, 6) is 1.67. The predicted molar refractivity (Wildman–Crippen MR) is 127 cm³/mol. The van der Waals surface area contributed by atoms with E-state index in [9.17, 15) is 4.79 Å². The summed E-state index contributed by atoms with van der Waals surface area (Å²) in [7, 11) is 1.91. The van der Waals surface area contributed by atoms with Gasteiger partial charge in [-0.1, -0.05) is 0 Å². The van der Waals surface area contributed by atoms with E-state index >= 15 is 0 Å². The summed E-state index contributed by atoms with van der Waals surface area (Å²) in [6, 6.07) is 1.98. The van der Waals surface area contributed by atoms with Gasteiger partial charge in [0.1, 0.15) is 11.6 Å². The Balaban J connectivity index is 1.45. The van der Waals surface area contributed by atoms with Gasteiger partial charge in [-0.05, 0) is 47.1 Å². The zero-order valence-corrected chi connectivity index (χ0v) is 20.2. The molecule has 4 rings (SSSR count). The lowest BCUT2D eigenvalue weighted by Gasteiger charge is -2.15. The van der Waals surface area contributed by atoms with Crippen LogP contribution in [0.5, 0.6) is 0 Å². The third-order valence-corrected chi connectivity index (χ3v) is 6.99. The van der Waals surface area contributed by atoms with Crippen molar-refractivity contribution in [2.75, 3.05) is 18.4 Å². The van der Waals surface area contributed by atoms with Gasteiger partial charge in [-0.15, -0.1) is 11.3 Å². The number of carbonyl (C=O) groups excluding carboxylic acids is 1. The molecule has 0 bridgehead atoms. The number of hydrogen-bond acceptors (Lipinski definition) is 7. The van der Waals surface area contributed by atoms with E-state index in [4.69, 9.17) is 0 Å². The Hall–Kier alpha value is -3.07. The van der Waals surface area contributed by atoms with Gasteiger partial charge in [-0.3, -0.25) is 9.48 Å². The molecule has 8 nitrogen and oxygen atoms in total. The van der Waals surface area contributed by atoms with Gasteiger partial charge in [0, 0.05) is 54.3 Å². The van der Waals surface area contributed by atoms with E-state index in [0.717, 1.165) is 52.3 Å². The van der Waals surface area contributed by atoms with Gasteiger partial charge in [0.05, 0.1) is 17.1 Å². The SMILES string of the molecule is Cc1nc(Nc2nc(C)c(C)s2)cc([C@H]2CCN(C(=O)/C=C/c3c(C)nn(C)c3C)C2)n1. The lowest BCUT2D eigenvalue weighted by atomic mass is 10.0. The molecule has 3 aromatic heterocycles. The number of likely N-dealkylation sites (tertiary alicyclic amines) is 1. The molecule has 1 saturated heterocycles. The average Bonchev–Trinajstić information content (AvgIpc) is 3.40. The molecule has 0 aromatic carbocycles. The van der Waals surface area contributed by atoms with E-state index < -0.39 is 0 Å². The van der Waals surface area contributed by atoms with Gasteiger partial charge in [-0.25, -0.2) is 15.0 Å². The number of thiazole rings is 1. The first-order valence-corrected chi connectivity index (χ1v) is 11.6.